The number of thioether (sulfide) groups is 1. The number of aryl methyl sites for hydroxylation is 4. The lowest BCUT2D eigenvalue weighted by atomic mass is 10.1. The molecule has 0 spiro atoms. The second-order valence-electron chi connectivity index (χ2n) is 6.68. The molecule has 0 saturated heterocycles. The second-order valence-corrected chi connectivity index (χ2v) is 7.60. The number of nitrogens with one attached hydrogen (secondary N) is 1. The van der Waals surface area contributed by atoms with Gasteiger partial charge in [0.1, 0.15) is 5.75 Å². The minimum atomic E-state index is -0.115. The highest BCUT2D eigenvalue weighted by atomic mass is 32.2. The van der Waals surface area contributed by atoms with E-state index in [0.29, 0.717) is 11.1 Å². The van der Waals surface area contributed by atoms with Crippen LogP contribution in [-0.4, -0.2) is 21.9 Å². The summed E-state index contributed by atoms with van der Waals surface area (Å²) >= 11 is 1.20. The number of nitrogens with zero attached hydrogens (tertiary/aromatic N) is 2. The molecule has 1 N–H and O–H groups in total. The van der Waals surface area contributed by atoms with Crippen LogP contribution in [0.25, 0.3) is 0 Å². The number of hydrogen-bond donors (Lipinski definition) is 1. The van der Waals surface area contributed by atoms with E-state index < -0.39 is 0 Å². The zero-order chi connectivity index (χ0) is 20.1. The van der Waals surface area contributed by atoms with E-state index >= 15 is 0 Å². The van der Waals surface area contributed by atoms with Crippen molar-refractivity contribution in [1.82, 2.24) is 10.2 Å². The lowest BCUT2D eigenvalue weighted by molar-refractivity contribution is -0.113. The van der Waals surface area contributed by atoms with Crippen LogP contribution in [0.2, 0.25) is 0 Å². The Hall–Kier alpha value is -2.80. The molecule has 1 aromatic heterocycles. The minimum Gasteiger partial charge on any atom is -0.484 e. The van der Waals surface area contributed by atoms with Gasteiger partial charge in [-0.25, -0.2) is 0 Å². The van der Waals surface area contributed by atoms with Crippen LogP contribution in [0.1, 0.15) is 28.1 Å². The van der Waals surface area contributed by atoms with Gasteiger partial charge in [0.2, 0.25) is 5.91 Å². The highest BCUT2D eigenvalue weighted by Crippen LogP contribution is 2.23. The van der Waals surface area contributed by atoms with Gasteiger partial charge < -0.3 is 14.5 Å². The van der Waals surface area contributed by atoms with Gasteiger partial charge in [-0.15, -0.1) is 10.2 Å². The summed E-state index contributed by atoms with van der Waals surface area (Å²) in [5.74, 6) is 1.19. The van der Waals surface area contributed by atoms with Gasteiger partial charge in [0.05, 0.1) is 5.75 Å². The fraction of sp³-hybridized carbons (Fsp3) is 0.286. The zero-order valence-electron chi connectivity index (χ0n) is 16.4. The van der Waals surface area contributed by atoms with Crippen LogP contribution in [0.4, 0.5) is 5.69 Å². The third-order valence-corrected chi connectivity index (χ3v) is 4.89. The Labute approximate surface area is 168 Å². The number of rotatable bonds is 7. The summed E-state index contributed by atoms with van der Waals surface area (Å²) in [6.45, 7) is 8.20. The number of carbonyl (C=O) groups is 1. The second kappa shape index (κ2) is 8.93. The van der Waals surface area contributed by atoms with Gasteiger partial charge in [0, 0.05) is 5.69 Å². The molecule has 6 nitrogen and oxygen atoms in total. The summed E-state index contributed by atoms with van der Waals surface area (Å²) in [7, 11) is 0. The van der Waals surface area contributed by atoms with Crippen LogP contribution in [0.5, 0.6) is 5.75 Å². The van der Waals surface area contributed by atoms with Crippen molar-refractivity contribution in [2.24, 2.45) is 0 Å². The fourth-order valence-corrected chi connectivity index (χ4v) is 3.47. The first-order chi connectivity index (χ1) is 13.4. The molecule has 3 aromatic rings. The normalized spacial score (nSPS) is 10.7. The Bertz CT molecular complexity index is 962. The van der Waals surface area contributed by atoms with Gasteiger partial charge in [-0.3, -0.25) is 4.79 Å². The third-order valence-electron chi connectivity index (χ3n) is 4.07. The van der Waals surface area contributed by atoms with E-state index in [1.807, 2.05) is 64.1 Å². The predicted molar refractivity (Wildman–Crippen MR) is 110 cm³/mol. The van der Waals surface area contributed by atoms with Gasteiger partial charge >= 0.3 is 0 Å². The summed E-state index contributed by atoms with van der Waals surface area (Å²) in [5.41, 5.74) is 5.24. The number of anilines is 1. The molecule has 0 aliphatic carbocycles. The van der Waals surface area contributed by atoms with Crippen molar-refractivity contribution in [2.45, 2.75) is 39.5 Å². The van der Waals surface area contributed by atoms with Crippen LogP contribution in [0.3, 0.4) is 0 Å². The molecule has 0 bridgehead atoms. The van der Waals surface area contributed by atoms with Gasteiger partial charge in [-0.05, 0) is 56.5 Å². The van der Waals surface area contributed by atoms with Crippen molar-refractivity contribution in [3.05, 3.63) is 64.5 Å². The van der Waals surface area contributed by atoms with Crippen molar-refractivity contribution in [3.63, 3.8) is 0 Å². The lowest BCUT2D eigenvalue weighted by Crippen LogP contribution is -2.15. The Balaban J connectivity index is 1.51. The topological polar surface area (TPSA) is 77.2 Å². The van der Waals surface area contributed by atoms with Crippen LogP contribution in [0, 0.1) is 27.7 Å². The molecular weight excluding hydrogens is 374 g/mol. The van der Waals surface area contributed by atoms with Crippen molar-refractivity contribution >= 4 is 23.4 Å². The summed E-state index contributed by atoms with van der Waals surface area (Å²) in [6.07, 6.45) is 0. The Kier molecular flexibility index (Phi) is 6.36. The molecule has 7 heteroatoms. The van der Waals surface area contributed by atoms with Gasteiger partial charge in [0.15, 0.2) is 6.61 Å². The molecule has 0 aliphatic rings. The first-order valence-electron chi connectivity index (χ1n) is 8.93. The number of hydrogen-bond acceptors (Lipinski definition) is 6. The molecule has 0 unspecified atom stereocenters. The average Bonchev–Trinajstić information content (AvgIpc) is 3.09. The first kappa shape index (κ1) is 19.9. The molecule has 0 fully saturated rings. The first-order valence-corrected chi connectivity index (χ1v) is 9.91. The zero-order valence-corrected chi connectivity index (χ0v) is 17.2. The Morgan fingerprint density at radius 3 is 2.54 bits per heavy atom. The molecule has 0 atom stereocenters. The van der Waals surface area contributed by atoms with Crippen LogP contribution >= 0.6 is 11.8 Å². The van der Waals surface area contributed by atoms with Gasteiger partial charge in [0.25, 0.3) is 11.1 Å². The van der Waals surface area contributed by atoms with E-state index in [-0.39, 0.29) is 18.3 Å². The lowest BCUT2D eigenvalue weighted by Gasteiger charge is -2.12. The monoisotopic (exact) mass is 397 g/mol. The molecular formula is C21H23N3O3S. The maximum absolute atomic E-state index is 12.3. The van der Waals surface area contributed by atoms with E-state index in [0.717, 1.165) is 28.1 Å². The quantitative estimate of drug-likeness (QED) is 0.587. The largest absolute Gasteiger partial charge is 0.484 e. The van der Waals surface area contributed by atoms with Crippen molar-refractivity contribution in [3.8, 4) is 5.75 Å². The highest BCUT2D eigenvalue weighted by Gasteiger charge is 2.12. The third kappa shape index (κ3) is 5.36. The molecule has 1 amide bonds. The molecule has 0 radical (unpaired) electrons. The smallest absolute Gasteiger partial charge is 0.277 e. The van der Waals surface area contributed by atoms with Crippen LogP contribution in [0.15, 0.2) is 46.0 Å². The van der Waals surface area contributed by atoms with E-state index in [1.54, 1.807) is 0 Å². The molecule has 3 rings (SSSR count). The van der Waals surface area contributed by atoms with Gasteiger partial charge in [-0.1, -0.05) is 41.6 Å². The highest BCUT2D eigenvalue weighted by molar-refractivity contribution is 7.99. The summed E-state index contributed by atoms with van der Waals surface area (Å²) in [4.78, 5) is 12.3. The molecule has 146 valence electrons. The Morgan fingerprint density at radius 2 is 1.82 bits per heavy atom. The molecule has 2 aromatic carbocycles. The van der Waals surface area contributed by atoms with Crippen LogP contribution in [-0.2, 0) is 11.4 Å². The molecule has 1 heterocycles. The summed E-state index contributed by atoms with van der Waals surface area (Å²) in [5, 5.41) is 11.2. The minimum absolute atomic E-state index is 0.115. The fourth-order valence-electron chi connectivity index (χ4n) is 2.89. The number of ether oxygens (including phenoxy) is 1. The molecule has 0 aliphatic heterocycles. The molecule has 28 heavy (non-hydrogen) atoms. The predicted octanol–water partition coefficient (Wildman–Crippen LogP) is 4.61. The summed E-state index contributed by atoms with van der Waals surface area (Å²) < 4.78 is 11.2. The Morgan fingerprint density at radius 1 is 1.07 bits per heavy atom. The number of benzene rings is 2. The van der Waals surface area contributed by atoms with E-state index in [1.165, 1.54) is 17.3 Å². The standard InChI is InChI=1S/C21H23N3O3S/c1-13-6-5-7-17(10-13)26-11-19-23-24-21(27-19)28-12-18(25)22-20-15(3)8-14(2)9-16(20)4/h5-10H,11-12H2,1-4H3,(H,22,25). The maximum atomic E-state index is 12.3. The number of aromatic nitrogens is 2. The van der Waals surface area contributed by atoms with Crippen molar-refractivity contribution in [2.75, 3.05) is 11.1 Å². The maximum Gasteiger partial charge on any atom is 0.277 e. The summed E-state index contributed by atoms with van der Waals surface area (Å²) in [6, 6.07) is 11.8. The van der Waals surface area contributed by atoms with Crippen molar-refractivity contribution in [1.29, 1.82) is 0 Å². The van der Waals surface area contributed by atoms with E-state index in [9.17, 15) is 4.79 Å². The van der Waals surface area contributed by atoms with Crippen LogP contribution < -0.4 is 10.1 Å². The van der Waals surface area contributed by atoms with Crippen molar-refractivity contribution < 1.29 is 13.9 Å². The molecule has 0 saturated carbocycles. The number of carbonyl (C=O) groups excluding carboxylic acids is 1. The number of amides is 1. The van der Waals surface area contributed by atoms with E-state index in [4.69, 9.17) is 9.15 Å². The van der Waals surface area contributed by atoms with E-state index in [2.05, 4.69) is 15.5 Å². The van der Waals surface area contributed by atoms with Gasteiger partial charge in [-0.2, -0.15) is 0 Å². The average molecular weight is 398 g/mol. The SMILES string of the molecule is Cc1cccc(OCc2nnc(SCC(=O)Nc3c(C)cc(C)cc3C)o2)c1.